The zero-order valence-electron chi connectivity index (χ0n) is 18.4. The van der Waals surface area contributed by atoms with E-state index in [-0.39, 0.29) is 24.9 Å². The standard InChI is InChI=1S/C25H22ClFN4O2S/c1-17-2-10-21(11-3-17)31-23(14-28-24(32)15-33-22-12-6-19(26)7-13-22)29-30-25(31)34-16-18-4-8-20(27)9-5-18/h2-13H,14-16H2,1H3,(H,28,32). The first kappa shape index (κ1) is 23.8. The van der Waals surface area contributed by atoms with Crippen LogP contribution in [0.2, 0.25) is 5.02 Å². The zero-order chi connectivity index (χ0) is 23.9. The molecule has 4 rings (SSSR count). The molecule has 0 aliphatic heterocycles. The van der Waals surface area contributed by atoms with E-state index in [0.29, 0.717) is 27.5 Å². The van der Waals surface area contributed by atoms with Crippen molar-refractivity contribution >= 4 is 29.3 Å². The highest BCUT2D eigenvalue weighted by molar-refractivity contribution is 7.98. The molecule has 9 heteroatoms. The summed E-state index contributed by atoms with van der Waals surface area (Å²) >= 11 is 7.35. The van der Waals surface area contributed by atoms with Crippen LogP contribution in [0, 0.1) is 12.7 Å². The molecule has 0 radical (unpaired) electrons. The van der Waals surface area contributed by atoms with E-state index in [1.807, 2.05) is 35.8 Å². The van der Waals surface area contributed by atoms with Gasteiger partial charge in [-0.25, -0.2) is 4.39 Å². The van der Waals surface area contributed by atoms with Gasteiger partial charge in [0.1, 0.15) is 11.6 Å². The molecule has 0 fully saturated rings. The van der Waals surface area contributed by atoms with Crippen molar-refractivity contribution in [1.82, 2.24) is 20.1 Å². The smallest absolute Gasteiger partial charge is 0.258 e. The molecule has 0 bridgehead atoms. The van der Waals surface area contributed by atoms with Gasteiger partial charge in [0, 0.05) is 16.5 Å². The summed E-state index contributed by atoms with van der Waals surface area (Å²) in [6.45, 7) is 2.06. The second-order valence-electron chi connectivity index (χ2n) is 7.50. The van der Waals surface area contributed by atoms with Crippen LogP contribution in [0.15, 0.2) is 78.0 Å². The number of aromatic nitrogens is 3. The van der Waals surface area contributed by atoms with Gasteiger partial charge in [0.05, 0.1) is 6.54 Å². The summed E-state index contributed by atoms with van der Waals surface area (Å²) in [4.78, 5) is 12.3. The number of rotatable bonds is 9. The van der Waals surface area contributed by atoms with Crippen molar-refractivity contribution in [1.29, 1.82) is 0 Å². The minimum Gasteiger partial charge on any atom is -0.484 e. The maximum Gasteiger partial charge on any atom is 0.258 e. The largest absolute Gasteiger partial charge is 0.484 e. The van der Waals surface area contributed by atoms with Gasteiger partial charge in [-0.05, 0) is 61.0 Å². The zero-order valence-corrected chi connectivity index (χ0v) is 19.9. The SMILES string of the molecule is Cc1ccc(-n2c(CNC(=O)COc3ccc(Cl)cc3)nnc2SCc2ccc(F)cc2)cc1. The Labute approximate surface area is 206 Å². The van der Waals surface area contributed by atoms with E-state index >= 15 is 0 Å². The molecule has 34 heavy (non-hydrogen) atoms. The number of carbonyl (C=O) groups excluding carboxylic acids is 1. The Bertz CT molecular complexity index is 1250. The Hall–Kier alpha value is -3.36. The Morgan fingerprint density at radius 1 is 1.03 bits per heavy atom. The highest BCUT2D eigenvalue weighted by Gasteiger charge is 2.16. The fourth-order valence-corrected chi connectivity index (χ4v) is 4.15. The molecule has 1 N–H and O–H groups in total. The summed E-state index contributed by atoms with van der Waals surface area (Å²) in [5.74, 6) is 1.20. The second kappa shape index (κ2) is 11.2. The number of nitrogens with zero attached hydrogens (tertiary/aromatic N) is 3. The number of ether oxygens (including phenoxy) is 1. The Balaban J connectivity index is 1.45. The number of carbonyl (C=O) groups is 1. The first-order valence-corrected chi connectivity index (χ1v) is 11.9. The van der Waals surface area contributed by atoms with Crippen molar-refractivity contribution < 1.29 is 13.9 Å². The van der Waals surface area contributed by atoms with Crippen LogP contribution < -0.4 is 10.1 Å². The summed E-state index contributed by atoms with van der Waals surface area (Å²) in [5.41, 5.74) is 2.99. The molecule has 4 aromatic rings. The van der Waals surface area contributed by atoms with Gasteiger partial charge in [-0.1, -0.05) is 53.2 Å². The van der Waals surface area contributed by atoms with Crippen LogP contribution in [-0.2, 0) is 17.1 Å². The molecule has 0 aliphatic carbocycles. The highest BCUT2D eigenvalue weighted by atomic mass is 35.5. The average molecular weight is 497 g/mol. The third-order valence-electron chi connectivity index (χ3n) is 4.90. The van der Waals surface area contributed by atoms with Crippen LogP contribution in [-0.4, -0.2) is 27.3 Å². The van der Waals surface area contributed by atoms with Gasteiger partial charge in [-0.3, -0.25) is 9.36 Å². The molecule has 3 aromatic carbocycles. The monoisotopic (exact) mass is 496 g/mol. The number of amides is 1. The number of nitrogens with one attached hydrogen (secondary N) is 1. The molecular formula is C25H22ClFN4O2S. The maximum atomic E-state index is 13.2. The predicted molar refractivity (Wildman–Crippen MR) is 131 cm³/mol. The third kappa shape index (κ3) is 6.36. The first-order valence-electron chi connectivity index (χ1n) is 10.5. The number of benzene rings is 3. The van der Waals surface area contributed by atoms with Gasteiger partial charge in [0.2, 0.25) is 0 Å². The Morgan fingerprint density at radius 3 is 2.44 bits per heavy atom. The number of halogens is 2. The van der Waals surface area contributed by atoms with Crippen LogP contribution >= 0.6 is 23.4 Å². The van der Waals surface area contributed by atoms with Gasteiger partial charge in [-0.15, -0.1) is 10.2 Å². The summed E-state index contributed by atoms with van der Waals surface area (Å²) in [6.07, 6.45) is 0. The van der Waals surface area contributed by atoms with Crippen LogP contribution in [0.5, 0.6) is 5.75 Å². The van der Waals surface area contributed by atoms with Gasteiger partial charge >= 0.3 is 0 Å². The normalized spacial score (nSPS) is 10.8. The lowest BCUT2D eigenvalue weighted by atomic mass is 10.2. The van der Waals surface area contributed by atoms with Crippen LogP contribution in [0.3, 0.4) is 0 Å². The molecule has 174 valence electrons. The fraction of sp³-hybridized carbons (Fsp3) is 0.160. The van der Waals surface area contributed by atoms with E-state index in [9.17, 15) is 9.18 Å². The van der Waals surface area contributed by atoms with Crippen molar-refractivity contribution in [3.8, 4) is 11.4 Å². The van der Waals surface area contributed by atoms with E-state index < -0.39 is 0 Å². The molecule has 0 saturated carbocycles. The van der Waals surface area contributed by atoms with E-state index in [2.05, 4.69) is 15.5 Å². The molecule has 0 saturated heterocycles. The van der Waals surface area contributed by atoms with E-state index in [0.717, 1.165) is 16.8 Å². The van der Waals surface area contributed by atoms with Crippen molar-refractivity contribution in [2.75, 3.05) is 6.61 Å². The topological polar surface area (TPSA) is 69.0 Å². The molecule has 0 spiro atoms. The van der Waals surface area contributed by atoms with Crippen molar-refractivity contribution in [3.05, 3.63) is 101 Å². The fourth-order valence-electron chi connectivity index (χ4n) is 3.10. The maximum absolute atomic E-state index is 13.2. The Kier molecular flexibility index (Phi) is 7.82. The van der Waals surface area contributed by atoms with E-state index in [4.69, 9.17) is 16.3 Å². The molecule has 1 aromatic heterocycles. The summed E-state index contributed by atoms with van der Waals surface area (Å²) in [7, 11) is 0. The molecule has 0 atom stereocenters. The summed E-state index contributed by atoms with van der Waals surface area (Å²) < 4.78 is 20.6. The van der Waals surface area contributed by atoms with E-state index in [1.165, 1.54) is 23.9 Å². The molecule has 6 nitrogen and oxygen atoms in total. The minimum absolute atomic E-state index is 0.132. The van der Waals surface area contributed by atoms with Crippen LogP contribution in [0.4, 0.5) is 4.39 Å². The number of hydrogen-bond donors (Lipinski definition) is 1. The van der Waals surface area contributed by atoms with Crippen molar-refractivity contribution in [2.24, 2.45) is 0 Å². The number of hydrogen-bond acceptors (Lipinski definition) is 5. The van der Waals surface area contributed by atoms with Gasteiger partial charge in [0.25, 0.3) is 5.91 Å². The lowest BCUT2D eigenvalue weighted by molar-refractivity contribution is -0.123. The quantitative estimate of drug-likeness (QED) is 0.316. The summed E-state index contributed by atoms with van der Waals surface area (Å²) in [6, 6.07) is 21.1. The average Bonchev–Trinajstić information content (AvgIpc) is 3.25. The second-order valence-corrected chi connectivity index (χ2v) is 8.88. The summed E-state index contributed by atoms with van der Waals surface area (Å²) in [5, 5.41) is 12.7. The lowest BCUT2D eigenvalue weighted by Crippen LogP contribution is -2.29. The molecule has 0 aliphatic rings. The van der Waals surface area contributed by atoms with Crippen molar-refractivity contribution in [3.63, 3.8) is 0 Å². The molecule has 1 amide bonds. The van der Waals surface area contributed by atoms with E-state index in [1.54, 1.807) is 36.4 Å². The number of aryl methyl sites for hydroxylation is 1. The Morgan fingerprint density at radius 2 is 1.74 bits per heavy atom. The molecular weight excluding hydrogens is 475 g/mol. The van der Waals surface area contributed by atoms with Gasteiger partial charge < -0.3 is 10.1 Å². The van der Waals surface area contributed by atoms with Crippen LogP contribution in [0.1, 0.15) is 17.0 Å². The van der Waals surface area contributed by atoms with Crippen LogP contribution in [0.25, 0.3) is 5.69 Å². The predicted octanol–water partition coefficient (Wildman–Crippen LogP) is 5.36. The van der Waals surface area contributed by atoms with Gasteiger partial charge in [0.15, 0.2) is 17.6 Å². The highest BCUT2D eigenvalue weighted by Crippen LogP contribution is 2.26. The molecule has 0 unspecified atom stereocenters. The van der Waals surface area contributed by atoms with Gasteiger partial charge in [-0.2, -0.15) is 0 Å². The van der Waals surface area contributed by atoms with Crippen molar-refractivity contribution in [2.45, 2.75) is 24.4 Å². The lowest BCUT2D eigenvalue weighted by Gasteiger charge is -2.12. The third-order valence-corrected chi connectivity index (χ3v) is 6.15. The minimum atomic E-state index is -0.283. The first-order chi connectivity index (χ1) is 16.5. The molecule has 1 heterocycles. The number of thioether (sulfide) groups is 1.